The number of rotatable bonds is 4. The van der Waals surface area contributed by atoms with Crippen molar-refractivity contribution < 1.29 is 19.4 Å². The highest BCUT2D eigenvalue weighted by atomic mass is 16.5. The largest absolute Gasteiger partial charge is 0.481 e. The molecule has 0 radical (unpaired) electrons. The molecule has 1 aliphatic carbocycles. The number of methoxy groups -OCH3 is 1. The van der Waals surface area contributed by atoms with Crippen LogP contribution in [0.1, 0.15) is 61.9 Å². The van der Waals surface area contributed by atoms with Crippen molar-refractivity contribution in [3.63, 3.8) is 0 Å². The molecule has 0 spiro atoms. The first-order chi connectivity index (χ1) is 14.0. The number of fused-ring (bicyclic) bond motifs is 3. The standard InChI is InChI=1S/C22H29N3O4/c1-3-10-25-18-8-7-14-9-11-24(22(28)29-2)13-17(14)19(18)23-20(25)15-5-4-6-16(12-15)21(26)27/h7-8,15-16H,3-6,9-13H2,1-2H3,(H,26,27)/t15-,16-/m1/s1. The summed E-state index contributed by atoms with van der Waals surface area (Å²) >= 11 is 0. The van der Waals surface area contributed by atoms with Crippen molar-refractivity contribution in [1.29, 1.82) is 0 Å². The van der Waals surface area contributed by atoms with Crippen LogP contribution in [0.4, 0.5) is 4.79 Å². The minimum Gasteiger partial charge on any atom is -0.481 e. The Kier molecular flexibility index (Phi) is 5.48. The van der Waals surface area contributed by atoms with Crippen LogP contribution in [0.5, 0.6) is 0 Å². The smallest absolute Gasteiger partial charge is 0.409 e. The van der Waals surface area contributed by atoms with Gasteiger partial charge in [0.2, 0.25) is 0 Å². The number of hydrogen-bond acceptors (Lipinski definition) is 4. The summed E-state index contributed by atoms with van der Waals surface area (Å²) in [6.07, 6.45) is 4.78. The van der Waals surface area contributed by atoms with Crippen molar-refractivity contribution >= 4 is 23.1 Å². The highest BCUT2D eigenvalue weighted by molar-refractivity contribution is 5.82. The molecule has 2 aromatic rings. The van der Waals surface area contributed by atoms with Crippen LogP contribution in [0.25, 0.3) is 11.0 Å². The van der Waals surface area contributed by atoms with Gasteiger partial charge in [0.1, 0.15) is 5.82 Å². The van der Waals surface area contributed by atoms with Gasteiger partial charge < -0.3 is 19.3 Å². The van der Waals surface area contributed by atoms with Crippen LogP contribution >= 0.6 is 0 Å². The Morgan fingerprint density at radius 2 is 2.14 bits per heavy atom. The second-order valence-electron chi connectivity index (χ2n) is 8.23. The van der Waals surface area contributed by atoms with Crippen LogP contribution in [0.3, 0.4) is 0 Å². The minimum absolute atomic E-state index is 0.166. The summed E-state index contributed by atoms with van der Waals surface area (Å²) in [5.41, 5.74) is 4.38. The molecule has 1 amide bonds. The van der Waals surface area contributed by atoms with Gasteiger partial charge in [0, 0.05) is 24.6 Å². The van der Waals surface area contributed by atoms with E-state index in [4.69, 9.17) is 9.72 Å². The second kappa shape index (κ2) is 8.05. The molecule has 7 nitrogen and oxygen atoms in total. The molecule has 29 heavy (non-hydrogen) atoms. The van der Waals surface area contributed by atoms with E-state index in [1.807, 2.05) is 0 Å². The third-order valence-electron chi connectivity index (χ3n) is 6.42. The molecule has 2 atom stereocenters. The predicted molar refractivity (Wildman–Crippen MR) is 109 cm³/mol. The zero-order valence-electron chi connectivity index (χ0n) is 17.2. The van der Waals surface area contributed by atoms with Crippen molar-refractivity contribution in [3.8, 4) is 0 Å². The van der Waals surface area contributed by atoms with E-state index >= 15 is 0 Å². The first-order valence-corrected chi connectivity index (χ1v) is 10.6. The van der Waals surface area contributed by atoms with E-state index in [1.165, 1.54) is 12.7 Å². The molecule has 156 valence electrons. The molecule has 7 heteroatoms. The fourth-order valence-corrected chi connectivity index (χ4v) is 4.95. The van der Waals surface area contributed by atoms with Gasteiger partial charge in [-0.25, -0.2) is 9.78 Å². The monoisotopic (exact) mass is 399 g/mol. The summed E-state index contributed by atoms with van der Waals surface area (Å²) in [4.78, 5) is 30.4. The first kappa shape index (κ1) is 19.7. The third kappa shape index (κ3) is 3.58. The number of amides is 1. The van der Waals surface area contributed by atoms with Gasteiger partial charge in [0.05, 0.1) is 30.6 Å². The molecule has 0 unspecified atom stereocenters. The van der Waals surface area contributed by atoms with E-state index in [2.05, 4.69) is 23.6 Å². The Balaban J connectivity index is 1.77. The number of imidazole rings is 1. The van der Waals surface area contributed by atoms with Crippen LogP contribution < -0.4 is 0 Å². The Hall–Kier alpha value is -2.57. The molecule has 1 saturated carbocycles. The van der Waals surface area contributed by atoms with E-state index in [-0.39, 0.29) is 17.9 Å². The molecule has 0 saturated heterocycles. The minimum atomic E-state index is -0.695. The summed E-state index contributed by atoms with van der Waals surface area (Å²) in [5, 5.41) is 9.50. The van der Waals surface area contributed by atoms with Gasteiger partial charge in [-0.05, 0) is 43.7 Å². The summed E-state index contributed by atoms with van der Waals surface area (Å²) in [6.45, 7) is 4.16. The van der Waals surface area contributed by atoms with Crippen molar-refractivity contribution in [1.82, 2.24) is 14.5 Å². The van der Waals surface area contributed by atoms with E-state index in [0.717, 1.165) is 61.1 Å². The van der Waals surface area contributed by atoms with Crippen molar-refractivity contribution in [3.05, 3.63) is 29.1 Å². The molecule has 0 bridgehead atoms. The average molecular weight is 399 g/mol. The van der Waals surface area contributed by atoms with Gasteiger partial charge >= 0.3 is 12.1 Å². The highest BCUT2D eigenvalue weighted by Crippen LogP contribution is 2.38. The lowest BCUT2D eigenvalue weighted by atomic mass is 9.81. The Morgan fingerprint density at radius 1 is 1.31 bits per heavy atom. The van der Waals surface area contributed by atoms with E-state index < -0.39 is 5.97 Å². The van der Waals surface area contributed by atoms with Crippen molar-refractivity contribution in [2.45, 2.75) is 64.5 Å². The molecular weight excluding hydrogens is 370 g/mol. The Morgan fingerprint density at radius 3 is 2.86 bits per heavy atom. The Bertz CT molecular complexity index is 936. The number of carbonyl (C=O) groups is 2. The van der Waals surface area contributed by atoms with Crippen molar-refractivity contribution in [2.24, 2.45) is 5.92 Å². The van der Waals surface area contributed by atoms with Gasteiger partial charge in [-0.15, -0.1) is 0 Å². The van der Waals surface area contributed by atoms with Crippen LogP contribution in [0.2, 0.25) is 0 Å². The van der Waals surface area contributed by atoms with Gasteiger partial charge in [-0.1, -0.05) is 19.4 Å². The number of nitrogens with zero attached hydrogens (tertiary/aromatic N) is 3. The fourth-order valence-electron chi connectivity index (χ4n) is 4.95. The van der Waals surface area contributed by atoms with Crippen LogP contribution in [0, 0.1) is 5.92 Å². The Labute approximate surface area is 170 Å². The number of carbonyl (C=O) groups excluding carboxylic acids is 1. The summed E-state index contributed by atoms with van der Waals surface area (Å²) in [6, 6.07) is 4.30. The molecule has 1 aromatic heterocycles. The highest BCUT2D eigenvalue weighted by Gasteiger charge is 2.32. The van der Waals surface area contributed by atoms with Crippen LogP contribution in [-0.2, 0) is 29.0 Å². The molecule has 1 fully saturated rings. The van der Waals surface area contributed by atoms with E-state index in [0.29, 0.717) is 19.5 Å². The third-order valence-corrected chi connectivity index (χ3v) is 6.42. The van der Waals surface area contributed by atoms with Crippen LogP contribution in [0.15, 0.2) is 12.1 Å². The van der Waals surface area contributed by atoms with Gasteiger partial charge in [0.25, 0.3) is 0 Å². The molecule has 1 N–H and O–H groups in total. The number of benzene rings is 1. The van der Waals surface area contributed by atoms with E-state index in [9.17, 15) is 14.7 Å². The lowest BCUT2D eigenvalue weighted by molar-refractivity contribution is -0.143. The SMILES string of the molecule is CCCn1c([C@@H]2CCC[C@@H](C(=O)O)C2)nc2c3c(ccc21)CCN(C(=O)OC)C3. The number of aryl methyl sites for hydroxylation is 1. The molecule has 1 aromatic carbocycles. The number of aliphatic carboxylic acids is 1. The van der Waals surface area contributed by atoms with Gasteiger partial charge in [0.15, 0.2) is 0 Å². The van der Waals surface area contributed by atoms with Crippen molar-refractivity contribution in [2.75, 3.05) is 13.7 Å². The zero-order valence-corrected chi connectivity index (χ0v) is 17.2. The van der Waals surface area contributed by atoms with Gasteiger partial charge in [-0.3, -0.25) is 4.79 Å². The summed E-state index contributed by atoms with van der Waals surface area (Å²) in [5.74, 6) is 0.197. The topological polar surface area (TPSA) is 84.7 Å². The quantitative estimate of drug-likeness (QED) is 0.842. The number of aromatic nitrogens is 2. The number of hydrogen-bond donors (Lipinski definition) is 1. The average Bonchev–Trinajstić information content (AvgIpc) is 3.12. The van der Waals surface area contributed by atoms with Gasteiger partial charge in [-0.2, -0.15) is 0 Å². The molecule has 2 heterocycles. The van der Waals surface area contributed by atoms with E-state index in [1.54, 1.807) is 4.90 Å². The molecular formula is C22H29N3O4. The maximum Gasteiger partial charge on any atom is 0.409 e. The molecule has 2 aliphatic rings. The molecule has 4 rings (SSSR count). The summed E-state index contributed by atoms with van der Waals surface area (Å²) < 4.78 is 7.20. The zero-order chi connectivity index (χ0) is 20.5. The lowest BCUT2D eigenvalue weighted by Gasteiger charge is -2.27. The normalized spacial score (nSPS) is 21.8. The summed E-state index contributed by atoms with van der Waals surface area (Å²) in [7, 11) is 1.41. The lowest BCUT2D eigenvalue weighted by Crippen LogP contribution is -2.35. The molecule has 1 aliphatic heterocycles. The fraction of sp³-hybridized carbons (Fsp3) is 0.591. The maximum absolute atomic E-state index is 12.1. The first-order valence-electron chi connectivity index (χ1n) is 10.6. The number of carboxylic acid groups (broad SMARTS) is 1. The maximum atomic E-state index is 12.1. The second-order valence-corrected chi connectivity index (χ2v) is 8.23. The number of ether oxygens (including phenoxy) is 1. The van der Waals surface area contributed by atoms with Crippen LogP contribution in [-0.4, -0.2) is 45.3 Å². The number of carboxylic acids is 1. The predicted octanol–water partition coefficient (Wildman–Crippen LogP) is 3.93.